The van der Waals surface area contributed by atoms with Crippen LogP contribution in [0.1, 0.15) is 38.2 Å². The fraction of sp³-hybridized carbons (Fsp3) is 0.467. The minimum absolute atomic E-state index is 0.607. The van der Waals surface area contributed by atoms with Crippen LogP contribution in [0.5, 0.6) is 0 Å². The first-order valence-electron chi connectivity index (χ1n) is 6.60. The molecule has 3 heterocycles. The Morgan fingerprint density at radius 1 is 1.33 bits per heavy atom. The van der Waals surface area contributed by atoms with E-state index in [1.54, 1.807) is 11.8 Å². The zero-order valence-corrected chi connectivity index (χ0v) is 10.6. The third kappa shape index (κ3) is 1.78. The van der Waals surface area contributed by atoms with E-state index < -0.39 is 0 Å². The van der Waals surface area contributed by atoms with Crippen LogP contribution >= 0.6 is 0 Å². The summed E-state index contributed by atoms with van der Waals surface area (Å²) >= 11 is 0. The average molecular weight is 239 g/mol. The number of fused-ring (bicyclic) bond motifs is 2. The van der Waals surface area contributed by atoms with Gasteiger partial charge in [-0.15, -0.1) is 0 Å². The molecular weight excluding hydrogens is 222 g/mol. The van der Waals surface area contributed by atoms with Crippen LogP contribution in [0, 0.1) is 11.3 Å². The number of nitriles is 1. The van der Waals surface area contributed by atoms with Crippen molar-refractivity contribution >= 4 is 5.82 Å². The van der Waals surface area contributed by atoms with Gasteiger partial charge in [0.05, 0.1) is 5.56 Å². The van der Waals surface area contributed by atoms with Crippen LogP contribution < -0.4 is 4.90 Å². The lowest BCUT2D eigenvalue weighted by Gasteiger charge is -2.37. The third-order valence-corrected chi connectivity index (χ3v) is 4.17. The molecule has 0 amide bonds. The number of allylic oxidation sites excluding steroid dienone is 1. The van der Waals surface area contributed by atoms with Crippen LogP contribution in [0.4, 0.5) is 5.82 Å². The highest BCUT2D eigenvalue weighted by Gasteiger charge is 2.38. The molecular formula is C15H17N3. The number of anilines is 1. The number of rotatable bonds is 1. The van der Waals surface area contributed by atoms with Crippen LogP contribution in [0.3, 0.4) is 0 Å². The molecule has 2 unspecified atom stereocenters. The van der Waals surface area contributed by atoms with Gasteiger partial charge in [0.1, 0.15) is 11.9 Å². The highest BCUT2D eigenvalue weighted by molar-refractivity contribution is 5.47. The van der Waals surface area contributed by atoms with Crippen molar-refractivity contribution in [3.8, 4) is 6.07 Å². The number of hydrogen-bond donors (Lipinski definition) is 0. The SMILES string of the molecule is CC=C1CC2CCC(C1)N2c1ccc(C#N)cn1. The molecule has 0 aromatic carbocycles. The van der Waals surface area contributed by atoms with Gasteiger partial charge in [-0.1, -0.05) is 11.6 Å². The van der Waals surface area contributed by atoms with E-state index in [2.05, 4.69) is 29.0 Å². The lowest BCUT2D eigenvalue weighted by molar-refractivity contribution is 0.543. The Morgan fingerprint density at radius 3 is 2.56 bits per heavy atom. The van der Waals surface area contributed by atoms with Gasteiger partial charge < -0.3 is 4.90 Å². The molecule has 0 saturated carbocycles. The zero-order valence-electron chi connectivity index (χ0n) is 10.6. The lowest BCUT2D eigenvalue weighted by atomic mass is 9.96. The molecule has 2 bridgehead atoms. The number of pyridine rings is 1. The van der Waals surface area contributed by atoms with Crippen LogP contribution in [-0.2, 0) is 0 Å². The largest absolute Gasteiger partial charge is 0.350 e. The Balaban J connectivity index is 1.87. The average Bonchev–Trinajstić information content (AvgIpc) is 2.69. The molecule has 3 heteroatoms. The van der Waals surface area contributed by atoms with Crippen molar-refractivity contribution in [2.24, 2.45) is 0 Å². The highest BCUT2D eigenvalue weighted by Crippen LogP contribution is 2.40. The van der Waals surface area contributed by atoms with Crippen LogP contribution in [-0.4, -0.2) is 17.1 Å². The molecule has 1 aromatic rings. The van der Waals surface area contributed by atoms with Crippen molar-refractivity contribution in [3.05, 3.63) is 35.5 Å². The monoisotopic (exact) mass is 239 g/mol. The van der Waals surface area contributed by atoms with E-state index in [0.29, 0.717) is 17.6 Å². The van der Waals surface area contributed by atoms with Crippen LogP contribution in [0.25, 0.3) is 0 Å². The maximum Gasteiger partial charge on any atom is 0.129 e. The van der Waals surface area contributed by atoms with Gasteiger partial charge in [0.15, 0.2) is 0 Å². The molecule has 2 aliphatic rings. The van der Waals surface area contributed by atoms with E-state index in [4.69, 9.17) is 5.26 Å². The fourth-order valence-corrected chi connectivity index (χ4v) is 3.27. The van der Waals surface area contributed by atoms with E-state index in [1.807, 2.05) is 12.1 Å². The lowest BCUT2D eigenvalue weighted by Crippen LogP contribution is -2.41. The van der Waals surface area contributed by atoms with Gasteiger partial charge in [-0.3, -0.25) is 0 Å². The second kappa shape index (κ2) is 4.45. The van der Waals surface area contributed by atoms with Crippen molar-refractivity contribution in [1.29, 1.82) is 5.26 Å². The molecule has 3 nitrogen and oxygen atoms in total. The Kier molecular flexibility index (Phi) is 2.79. The zero-order chi connectivity index (χ0) is 12.5. The highest BCUT2D eigenvalue weighted by atomic mass is 15.3. The first kappa shape index (κ1) is 11.3. The van der Waals surface area contributed by atoms with Gasteiger partial charge in [0.2, 0.25) is 0 Å². The number of aromatic nitrogens is 1. The maximum atomic E-state index is 8.81. The molecule has 0 N–H and O–H groups in total. The molecule has 18 heavy (non-hydrogen) atoms. The van der Waals surface area contributed by atoms with Crippen LogP contribution in [0.15, 0.2) is 30.0 Å². The van der Waals surface area contributed by atoms with Gasteiger partial charge in [-0.05, 0) is 44.7 Å². The fourth-order valence-electron chi connectivity index (χ4n) is 3.27. The first-order valence-corrected chi connectivity index (χ1v) is 6.60. The summed E-state index contributed by atoms with van der Waals surface area (Å²) in [4.78, 5) is 6.92. The van der Waals surface area contributed by atoms with E-state index in [9.17, 15) is 0 Å². The second-order valence-corrected chi connectivity index (χ2v) is 5.16. The quantitative estimate of drug-likeness (QED) is 0.707. The Bertz CT molecular complexity index is 494. The smallest absolute Gasteiger partial charge is 0.129 e. The Hall–Kier alpha value is -1.82. The van der Waals surface area contributed by atoms with Gasteiger partial charge in [0, 0.05) is 18.3 Å². The van der Waals surface area contributed by atoms with E-state index in [0.717, 1.165) is 5.82 Å². The topological polar surface area (TPSA) is 39.9 Å². The van der Waals surface area contributed by atoms with Gasteiger partial charge in [-0.2, -0.15) is 5.26 Å². The van der Waals surface area contributed by atoms with E-state index >= 15 is 0 Å². The number of hydrogen-bond acceptors (Lipinski definition) is 3. The third-order valence-electron chi connectivity index (χ3n) is 4.17. The summed E-state index contributed by atoms with van der Waals surface area (Å²) in [5.41, 5.74) is 2.23. The van der Waals surface area contributed by atoms with E-state index in [1.165, 1.54) is 25.7 Å². The number of piperidine rings is 1. The van der Waals surface area contributed by atoms with Crippen molar-refractivity contribution in [2.75, 3.05) is 4.90 Å². The van der Waals surface area contributed by atoms with Crippen molar-refractivity contribution in [1.82, 2.24) is 4.98 Å². The normalized spacial score (nSPS) is 26.0. The molecule has 2 aliphatic heterocycles. The molecule has 92 valence electrons. The second-order valence-electron chi connectivity index (χ2n) is 5.16. The summed E-state index contributed by atoms with van der Waals surface area (Å²) in [5.74, 6) is 1.04. The standard InChI is InChI=1S/C15H17N3/c1-2-11-7-13-4-5-14(8-11)18(13)15-6-3-12(9-16)10-17-15/h2-3,6,10,13-14H,4-5,7-8H2,1H3. The maximum absolute atomic E-state index is 8.81. The molecule has 0 radical (unpaired) electrons. The van der Waals surface area contributed by atoms with E-state index in [-0.39, 0.29) is 0 Å². The van der Waals surface area contributed by atoms with Gasteiger partial charge in [0.25, 0.3) is 0 Å². The molecule has 1 aromatic heterocycles. The van der Waals surface area contributed by atoms with Gasteiger partial charge in [-0.25, -0.2) is 4.98 Å². The Labute approximate surface area is 108 Å². The molecule has 0 spiro atoms. The van der Waals surface area contributed by atoms with Crippen LogP contribution in [0.2, 0.25) is 0 Å². The molecule has 2 fully saturated rings. The summed E-state index contributed by atoms with van der Waals surface area (Å²) in [5, 5.41) is 8.81. The Morgan fingerprint density at radius 2 is 2.06 bits per heavy atom. The molecule has 3 rings (SSSR count). The first-order chi connectivity index (χ1) is 8.81. The predicted octanol–water partition coefficient (Wildman–Crippen LogP) is 3.03. The van der Waals surface area contributed by atoms with Gasteiger partial charge >= 0.3 is 0 Å². The predicted molar refractivity (Wildman–Crippen MR) is 71.2 cm³/mol. The molecule has 2 saturated heterocycles. The van der Waals surface area contributed by atoms with Crippen molar-refractivity contribution < 1.29 is 0 Å². The van der Waals surface area contributed by atoms with Crippen molar-refractivity contribution in [3.63, 3.8) is 0 Å². The molecule has 2 atom stereocenters. The summed E-state index contributed by atoms with van der Waals surface area (Å²) in [6, 6.07) is 7.19. The number of nitrogens with zero attached hydrogens (tertiary/aromatic N) is 3. The summed E-state index contributed by atoms with van der Waals surface area (Å²) in [7, 11) is 0. The summed E-state index contributed by atoms with van der Waals surface area (Å²) in [6.07, 6.45) is 8.84. The van der Waals surface area contributed by atoms with Crippen molar-refractivity contribution in [2.45, 2.75) is 44.7 Å². The minimum Gasteiger partial charge on any atom is -0.350 e. The summed E-state index contributed by atoms with van der Waals surface area (Å²) < 4.78 is 0. The molecule has 0 aliphatic carbocycles. The minimum atomic E-state index is 0.607. The summed E-state index contributed by atoms with van der Waals surface area (Å²) in [6.45, 7) is 2.14.